The Labute approximate surface area is 220 Å². The van der Waals surface area contributed by atoms with Gasteiger partial charge in [-0.05, 0) is 65.6 Å². The number of nitrogens with zero attached hydrogens (tertiary/aromatic N) is 1. The lowest BCUT2D eigenvalue weighted by atomic mass is 9.99. The summed E-state index contributed by atoms with van der Waals surface area (Å²) in [5.41, 5.74) is 3.91. The van der Waals surface area contributed by atoms with Crippen LogP contribution >= 0.6 is 0 Å². The van der Waals surface area contributed by atoms with Gasteiger partial charge in [0, 0.05) is 18.0 Å². The van der Waals surface area contributed by atoms with E-state index in [9.17, 15) is 15.3 Å². The van der Waals surface area contributed by atoms with Crippen LogP contribution in [0.2, 0.25) is 0 Å². The van der Waals surface area contributed by atoms with Crippen molar-refractivity contribution < 1.29 is 20.1 Å². The number of benzene rings is 2. The molecule has 2 aromatic carbocycles. The predicted molar refractivity (Wildman–Crippen MR) is 156 cm³/mol. The van der Waals surface area contributed by atoms with Crippen LogP contribution in [-0.2, 0) is 0 Å². The van der Waals surface area contributed by atoms with Crippen LogP contribution in [0.3, 0.4) is 0 Å². The van der Waals surface area contributed by atoms with Crippen molar-refractivity contribution in [3.8, 4) is 23.0 Å². The zero-order chi connectivity index (χ0) is 25.1. The third-order valence-corrected chi connectivity index (χ3v) is 5.28. The van der Waals surface area contributed by atoms with Gasteiger partial charge in [-0.15, -0.1) is 0 Å². The highest BCUT2D eigenvalue weighted by atomic mass is 16.5. The second-order valence-corrected chi connectivity index (χ2v) is 8.83. The minimum Gasteiger partial charge on any atom is -0.508 e. The van der Waals surface area contributed by atoms with E-state index in [0.29, 0.717) is 23.1 Å². The molecule has 0 fully saturated rings. The summed E-state index contributed by atoms with van der Waals surface area (Å²) in [6, 6.07) is 12.9. The van der Waals surface area contributed by atoms with Gasteiger partial charge in [0.15, 0.2) is 11.5 Å². The highest BCUT2D eigenvalue weighted by Gasteiger charge is 2.10. The molecule has 0 bridgehead atoms. The van der Waals surface area contributed by atoms with Crippen LogP contribution in [0.5, 0.6) is 23.0 Å². The van der Waals surface area contributed by atoms with E-state index in [1.807, 2.05) is 38.2 Å². The van der Waals surface area contributed by atoms with Gasteiger partial charge in [0.25, 0.3) is 0 Å². The van der Waals surface area contributed by atoms with Crippen molar-refractivity contribution in [3.63, 3.8) is 0 Å². The lowest BCUT2D eigenvalue weighted by Crippen LogP contribution is -1.89. The van der Waals surface area contributed by atoms with E-state index >= 15 is 0 Å². The molecule has 3 aromatic rings. The highest BCUT2D eigenvalue weighted by molar-refractivity contribution is 5.48. The summed E-state index contributed by atoms with van der Waals surface area (Å²) >= 11 is 0. The molecule has 204 valence electrons. The third-order valence-electron chi connectivity index (χ3n) is 5.28. The molecule has 0 aliphatic carbocycles. The van der Waals surface area contributed by atoms with E-state index in [4.69, 9.17) is 4.74 Å². The SMILES string of the molecule is C.C.C.CC(C)c1cccnc1.COc1cc(C(C)C)ccc1O.Cc1c(O)ccc(C(C)C)c1O. The minimum atomic E-state index is 0. The van der Waals surface area contributed by atoms with Gasteiger partial charge in [-0.3, -0.25) is 4.98 Å². The Kier molecular flexibility index (Phi) is 18.8. The molecule has 0 spiro atoms. The van der Waals surface area contributed by atoms with Gasteiger partial charge in [-0.2, -0.15) is 0 Å². The molecule has 0 radical (unpaired) electrons. The molecule has 0 saturated heterocycles. The zero-order valence-corrected chi connectivity index (χ0v) is 21.1. The van der Waals surface area contributed by atoms with Crippen LogP contribution in [-0.4, -0.2) is 27.4 Å². The van der Waals surface area contributed by atoms with Gasteiger partial charge in [-0.25, -0.2) is 0 Å². The fraction of sp³-hybridized carbons (Fsp3) is 0.452. The first-order valence-corrected chi connectivity index (χ1v) is 11.3. The highest BCUT2D eigenvalue weighted by Crippen LogP contribution is 2.33. The fourth-order valence-electron chi connectivity index (χ4n) is 2.95. The van der Waals surface area contributed by atoms with Crippen LogP contribution < -0.4 is 4.74 Å². The first kappa shape index (κ1) is 37.3. The van der Waals surface area contributed by atoms with Gasteiger partial charge in [0.2, 0.25) is 0 Å². The molecule has 0 saturated carbocycles. The van der Waals surface area contributed by atoms with Crippen LogP contribution in [0.4, 0.5) is 0 Å². The average molecular weight is 502 g/mol. The smallest absolute Gasteiger partial charge is 0.160 e. The second kappa shape index (κ2) is 18.1. The Bertz CT molecular complexity index is 983. The molecule has 3 rings (SSSR count). The third kappa shape index (κ3) is 11.5. The zero-order valence-electron chi connectivity index (χ0n) is 21.1. The van der Waals surface area contributed by atoms with Crippen molar-refractivity contribution in [3.05, 3.63) is 77.1 Å². The molecule has 3 N–H and O–H groups in total. The molecule has 5 nitrogen and oxygen atoms in total. The second-order valence-electron chi connectivity index (χ2n) is 8.83. The average Bonchev–Trinajstić information content (AvgIpc) is 2.79. The Morgan fingerprint density at radius 2 is 1.28 bits per heavy atom. The lowest BCUT2D eigenvalue weighted by molar-refractivity contribution is 0.372. The Hall–Kier alpha value is -3.21. The molecule has 0 unspecified atom stereocenters. The summed E-state index contributed by atoms with van der Waals surface area (Å²) in [4.78, 5) is 4.01. The number of rotatable bonds is 4. The summed E-state index contributed by atoms with van der Waals surface area (Å²) in [5.74, 6) is 2.44. The number of phenolic OH excluding ortho intramolecular Hbond substituents is 3. The molecule has 1 heterocycles. The van der Waals surface area contributed by atoms with E-state index in [2.05, 4.69) is 38.7 Å². The number of aromatic nitrogens is 1. The van der Waals surface area contributed by atoms with Crippen LogP contribution in [0.1, 0.15) is 104 Å². The molecule has 0 amide bonds. The number of ether oxygens (including phenoxy) is 1. The first-order valence-electron chi connectivity index (χ1n) is 11.3. The van der Waals surface area contributed by atoms with Crippen molar-refractivity contribution in [2.24, 2.45) is 0 Å². The van der Waals surface area contributed by atoms with Gasteiger partial charge in [0.05, 0.1) is 7.11 Å². The van der Waals surface area contributed by atoms with Crippen molar-refractivity contribution in [2.75, 3.05) is 7.11 Å². The summed E-state index contributed by atoms with van der Waals surface area (Å²) in [7, 11) is 1.55. The Balaban J connectivity index is -0.000000440. The van der Waals surface area contributed by atoms with Crippen LogP contribution in [0.25, 0.3) is 0 Å². The Morgan fingerprint density at radius 1 is 0.722 bits per heavy atom. The molecule has 0 aliphatic rings. The van der Waals surface area contributed by atoms with E-state index < -0.39 is 0 Å². The van der Waals surface area contributed by atoms with Crippen molar-refractivity contribution in [1.82, 2.24) is 4.98 Å². The first-order chi connectivity index (χ1) is 15.5. The maximum Gasteiger partial charge on any atom is 0.160 e. The summed E-state index contributed by atoms with van der Waals surface area (Å²) in [6.07, 6.45) is 3.70. The van der Waals surface area contributed by atoms with Crippen molar-refractivity contribution >= 4 is 0 Å². The molecule has 5 heteroatoms. The summed E-state index contributed by atoms with van der Waals surface area (Å²) < 4.78 is 4.99. The van der Waals surface area contributed by atoms with Crippen LogP contribution in [0, 0.1) is 6.92 Å². The summed E-state index contributed by atoms with van der Waals surface area (Å²) in [6.45, 7) is 14.2. The Morgan fingerprint density at radius 3 is 1.69 bits per heavy atom. The van der Waals surface area contributed by atoms with E-state index in [1.165, 1.54) is 11.1 Å². The topological polar surface area (TPSA) is 82.8 Å². The predicted octanol–water partition coefficient (Wildman–Crippen LogP) is 9.17. The molecule has 36 heavy (non-hydrogen) atoms. The number of aromatic hydroxyl groups is 3. The number of pyridine rings is 1. The number of methoxy groups -OCH3 is 1. The largest absolute Gasteiger partial charge is 0.508 e. The lowest BCUT2D eigenvalue weighted by Gasteiger charge is -2.10. The van der Waals surface area contributed by atoms with E-state index in [0.717, 1.165) is 5.56 Å². The quantitative estimate of drug-likeness (QED) is 0.332. The minimum absolute atomic E-state index is 0. The van der Waals surface area contributed by atoms with Gasteiger partial charge in [0.1, 0.15) is 11.5 Å². The van der Waals surface area contributed by atoms with Crippen molar-refractivity contribution in [2.45, 2.75) is 88.5 Å². The number of phenols is 3. The molecule has 1 aromatic heterocycles. The van der Waals surface area contributed by atoms with E-state index in [-0.39, 0.29) is 45.4 Å². The van der Waals surface area contributed by atoms with E-state index in [1.54, 1.807) is 38.4 Å². The number of hydrogen-bond donors (Lipinski definition) is 3. The van der Waals surface area contributed by atoms with Gasteiger partial charge in [-0.1, -0.05) is 82.0 Å². The van der Waals surface area contributed by atoms with Crippen LogP contribution in [0.15, 0.2) is 54.9 Å². The normalized spacial score (nSPS) is 9.53. The standard InChI is InChI=1S/2C10H14O2.C8H11N.3CH4/c1-7(2)8-4-5-9(11)10(6-8)12-3;1-6(2)8-4-5-9(11)7(3)10(8)12;1-7(2)8-4-3-5-9-6-8;;;/h4-7,11H,1-3H3;4-6,11-12H,1-3H3;3-7H,1-2H3;3*1H4. The maximum atomic E-state index is 9.59. The molecular weight excluding hydrogens is 450 g/mol. The maximum absolute atomic E-state index is 9.59. The monoisotopic (exact) mass is 501 g/mol. The number of hydrogen-bond acceptors (Lipinski definition) is 5. The van der Waals surface area contributed by atoms with Gasteiger partial charge < -0.3 is 20.1 Å². The molecular formula is C31H51NO4. The fourth-order valence-corrected chi connectivity index (χ4v) is 2.95. The molecule has 0 atom stereocenters. The van der Waals surface area contributed by atoms with Crippen molar-refractivity contribution in [1.29, 1.82) is 0 Å². The van der Waals surface area contributed by atoms with Gasteiger partial charge >= 0.3 is 0 Å². The summed E-state index contributed by atoms with van der Waals surface area (Å²) in [5, 5.41) is 28.1. The molecule has 0 aliphatic heterocycles.